The van der Waals surface area contributed by atoms with E-state index in [1.54, 1.807) is 16.8 Å². The molecule has 0 aliphatic carbocycles. The predicted molar refractivity (Wildman–Crippen MR) is 121 cm³/mol. The number of amides is 1. The lowest BCUT2D eigenvalue weighted by Crippen LogP contribution is -2.30. The summed E-state index contributed by atoms with van der Waals surface area (Å²) in [5, 5.41) is 4.33. The number of aryl methyl sites for hydroxylation is 1. The fourth-order valence-electron chi connectivity index (χ4n) is 3.78. The van der Waals surface area contributed by atoms with Gasteiger partial charge in [0.1, 0.15) is 0 Å². The van der Waals surface area contributed by atoms with Crippen LogP contribution >= 0.6 is 0 Å². The van der Waals surface area contributed by atoms with Gasteiger partial charge in [0.25, 0.3) is 11.5 Å². The Bertz CT molecular complexity index is 1260. The molecule has 0 fully saturated rings. The number of carbonyl (C=O) groups is 1. The standard InChI is InChI=1S/C26H24N2O2/c1-3-24(19-11-5-4-6-12-19)27-25(29)23-17-28(20-13-9-10-18(2)16-20)26(30)22-15-8-7-14-21(22)23/h4-17,24H,3H2,1-2H3,(H,27,29)/t24-/m0/s1. The third kappa shape index (κ3) is 3.77. The molecular formula is C26H24N2O2. The van der Waals surface area contributed by atoms with E-state index in [0.29, 0.717) is 16.3 Å². The Hall–Kier alpha value is -3.66. The fourth-order valence-corrected chi connectivity index (χ4v) is 3.78. The van der Waals surface area contributed by atoms with Crippen molar-refractivity contribution in [2.24, 2.45) is 0 Å². The highest BCUT2D eigenvalue weighted by atomic mass is 16.2. The molecule has 0 saturated heterocycles. The molecule has 1 aromatic heterocycles. The van der Waals surface area contributed by atoms with Crippen molar-refractivity contribution >= 4 is 16.7 Å². The van der Waals surface area contributed by atoms with E-state index < -0.39 is 0 Å². The molecule has 0 bridgehead atoms. The van der Waals surface area contributed by atoms with Crippen molar-refractivity contribution < 1.29 is 4.79 Å². The largest absolute Gasteiger partial charge is 0.345 e. The van der Waals surface area contributed by atoms with E-state index in [4.69, 9.17) is 0 Å². The molecule has 4 heteroatoms. The fraction of sp³-hybridized carbons (Fsp3) is 0.154. The molecule has 1 heterocycles. The molecule has 0 aliphatic rings. The van der Waals surface area contributed by atoms with E-state index in [9.17, 15) is 9.59 Å². The number of rotatable bonds is 5. The van der Waals surface area contributed by atoms with Crippen molar-refractivity contribution in [2.45, 2.75) is 26.3 Å². The zero-order valence-electron chi connectivity index (χ0n) is 17.1. The molecule has 0 unspecified atom stereocenters. The van der Waals surface area contributed by atoms with Gasteiger partial charge in [0.2, 0.25) is 0 Å². The number of benzene rings is 3. The summed E-state index contributed by atoms with van der Waals surface area (Å²) >= 11 is 0. The second-order valence-electron chi connectivity index (χ2n) is 7.45. The van der Waals surface area contributed by atoms with Crippen molar-refractivity contribution in [1.82, 2.24) is 9.88 Å². The summed E-state index contributed by atoms with van der Waals surface area (Å²) < 4.78 is 1.56. The van der Waals surface area contributed by atoms with Gasteiger partial charge in [-0.2, -0.15) is 0 Å². The topological polar surface area (TPSA) is 51.1 Å². The molecule has 0 saturated carbocycles. The molecule has 3 aromatic carbocycles. The molecule has 150 valence electrons. The van der Waals surface area contributed by atoms with Gasteiger partial charge in [-0.15, -0.1) is 0 Å². The minimum absolute atomic E-state index is 0.100. The van der Waals surface area contributed by atoms with Crippen LogP contribution in [-0.2, 0) is 0 Å². The first-order valence-corrected chi connectivity index (χ1v) is 10.2. The van der Waals surface area contributed by atoms with Gasteiger partial charge in [-0.3, -0.25) is 14.2 Å². The highest BCUT2D eigenvalue weighted by molar-refractivity contribution is 6.06. The second kappa shape index (κ2) is 8.37. The van der Waals surface area contributed by atoms with Crippen LogP contribution in [0.4, 0.5) is 0 Å². The average Bonchev–Trinajstić information content (AvgIpc) is 2.78. The molecule has 1 atom stereocenters. The zero-order valence-corrected chi connectivity index (χ0v) is 17.1. The molecule has 4 rings (SSSR count). The number of aromatic nitrogens is 1. The van der Waals surface area contributed by atoms with E-state index in [-0.39, 0.29) is 17.5 Å². The van der Waals surface area contributed by atoms with Gasteiger partial charge >= 0.3 is 0 Å². The molecule has 0 aliphatic heterocycles. The summed E-state index contributed by atoms with van der Waals surface area (Å²) in [7, 11) is 0. The van der Waals surface area contributed by atoms with Crippen LogP contribution < -0.4 is 10.9 Å². The number of hydrogen-bond acceptors (Lipinski definition) is 2. The predicted octanol–water partition coefficient (Wildman–Crippen LogP) is 5.18. The molecule has 4 aromatic rings. The summed E-state index contributed by atoms with van der Waals surface area (Å²) in [5.74, 6) is -0.191. The Morgan fingerprint density at radius 1 is 0.933 bits per heavy atom. The normalized spacial score (nSPS) is 11.9. The van der Waals surface area contributed by atoms with Gasteiger partial charge in [-0.1, -0.05) is 67.6 Å². The van der Waals surface area contributed by atoms with E-state index >= 15 is 0 Å². The Balaban J connectivity index is 1.83. The van der Waals surface area contributed by atoms with Crippen LogP contribution in [0.5, 0.6) is 0 Å². The summed E-state index contributed by atoms with van der Waals surface area (Å²) in [6.45, 7) is 4.03. The Kier molecular flexibility index (Phi) is 5.48. The molecular weight excluding hydrogens is 372 g/mol. The van der Waals surface area contributed by atoms with Crippen LogP contribution in [0.2, 0.25) is 0 Å². The van der Waals surface area contributed by atoms with Crippen LogP contribution in [0.25, 0.3) is 16.5 Å². The van der Waals surface area contributed by atoms with Crippen LogP contribution in [0, 0.1) is 6.92 Å². The number of hydrogen-bond donors (Lipinski definition) is 1. The Morgan fingerprint density at radius 2 is 1.63 bits per heavy atom. The van der Waals surface area contributed by atoms with Gasteiger partial charge in [-0.25, -0.2) is 0 Å². The van der Waals surface area contributed by atoms with Crippen LogP contribution in [-0.4, -0.2) is 10.5 Å². The minimum atomic E-state index is -0.191. The Labute approximate surface area is 175 Å². The quantitative estimate of drug-likeness (QED) is 0.505. The molecule has 0 spiro atoms. The van der Waals surface area contributed by atoms with Crippen molar-refractivity contribution in [2.75, 3.05) is 0 Å². The van der Waals surface area contributed by atoms with Crippen molar-refractivity contribution in [3.8, 4) is 5.69 Å². The number of pyridine rings is 1. The van der Waals surface area contributed by atoms with Gasteiger partial charge < -0.3 is 5.32 Å². The average molecular weight is 396 g/mol. The minimum Gasteiger partial charge on any atom is -0.345 e. The number of carbonyl (C=O) groups excluding carboxylic acids is 1. The molecule has 1 N–H and O–H groups in total. The van der Waals surface area contributed by atoms with Crippen LogP contribution in [0.3, 0.4) is 0 Å². The van der Waals surface area contributed by atoms with Crippen LogP contribution in [0.1, 0.15) is 40.9 Å². The third-order valence-electron chi connectivity index (χ3n) is 5.36. The lowest BCUT2D eigenvalue weighted by molar-refractivity contribution is 0.0936. The van der Waals surface area contributed by atoms with Gasteiger partial charge in [0.15, 0.2) is 0 Å². The molecule has 0 radical (unpaired) electrons. The van der Waals surface area contributed by atoms with E-state index in [1.165, 1.54) is 0 Å². The maximum absolute atomic E-state index is 13.3. The summed E-state index contributed by atoms with van der Waals surface area (Å²) in [5.41, 5.74) is 3.21. The zero-order chi connectivity index (χ0) is 21.1. The molecule has 1 amide bonds. The van der Waals surface area contributed by atoms with Gasteiger partial charge in [0.05, 0.1) is 11.6 Å². The number of nitrogens with one attached hydrogen (secondary N) is 1. The van der Waals surface area contributed by atoms with E-state index in [0.717, 1.165) is 23.2 Å². The molecule has 4 nitrogen and oxygen atoms in total. The highest BCUT2D eigenvalue weighted by Gasteiger charge is 2.19. The lowest BCUT2D eigenvalue weighted by atomic mass is 10.0. The lowest BCUT2D eigenvalue weighted by Gasteiger charge is -2.19. The van der Waals surface area contributed by atoms with Gasteiger partial charge in [0, 0.05) is 22.7 Å². The smallest absolute Gasteiger partial charge is 0.262 e. The van der Waals surface area contributed by atoms with E-state index in [1.807, 2.05) is 86.6 Å². The summed E-state index contributed by atoms with van der Waals surface area (Å²) in [4.78, 5) is 26.5. The summed E-state index contributed by atoms with van der Waals surface area (Å²) in [6.07, 6.45) is 2.43. The highest BCUT2D eigenvalue weighted by Crippen LogP contribution is 2.21. The van der Waals surface area contributed by atoms with E-state index in [2.05, 4.69) is 5.32 Å². The van der Waals surface area contributed by atoms with Crippen molar-refractivity contribution in [3.63, 3.8) is 0 Å². The first kappa shape index (κ1) is 19.6. The third-order valence-corrected chi connectivity index (χ3v) is 5.36. The maximum atomic E-state index is 13.3. The Morgan fingerprint density at radius 3 is 2.33 bits per heavy atom. The monoisotopic (exact) mass is 396 g/mol. The second-order valence-corrected chi connectivity index (χ2v) is 7.45. The number of fused-ring (bicyclic) bond motifs is 1. The molecule has 30 heavy (non-hydrogen) atoms. The number of nitrogens with zero attached hydrogens (tertiary/aromatic N) is 1. The first-order chi connectivity index (χ1) is 14.6. The summed E-state index contributed by atoms with van der Waals surface area (Å²) in [6, 6.07) is 24.8. The SMILES string of the molecule is CC[C@H](NC(=O)c1cn(-c2cccc(C)c2)c(=O)c2ccccc12)c1ccccc1. The van der Waals surface area contributed by atoms with Crippen molar-refractivity contribution in [3.05, 3.63) is 112 Å². The van der Waals surface area contributed by atoms with Crippen LogP contribution in [0.15, 0.2) is 89.9 Å². The van der Waals surface area contributed by atoms with Gasteiger partial charge in [-0.05, 0) is 42.7 Å². The first-order valence-electron chi connectivity index (χ1n) is 10.2. The maximum Gasteiger partial charge on any atom is 0.262 e. The van der Waals surface area contributed by atoms with Crippen molar-refractivity contribution in [1.29, 1.82) is 0 Å².